The maximum atomic E-state index is 11.7. The summed E-state index contributed by atoms with van der Waals surface area (Å²) in [6.07, 6.45) is 4.27. The third-order valence-corrected chi connectivity index (χ3v) is 4.00. The Bertz CT molecular complexity index is 413. The molecule has 110 valence electrons. The van der Waals surface area contributed by atoms with Crippen LogP contribution in [0.4, 0.5) is 0 Å². The molecule has 2 rings (SSSR count). The highest BCUT2D eigenvalue weighted by atomic mass is 16.5. The molecule has 1 aromatic carbocycles. The monoisotopic (exact) mass is 277 g/mol. The third kappa shape index (κ3) is 4.32. The van der Waals surface area contributed by atoms with Gasteiger partial charge in [0, 0.05) is 12.0 Å². The molecule has 0 radical (unpaired) electrons. The van der Waals surface area contributed by atoms with Crippen molar-refractivity contribution >= 4 is 5.91 Å². The van der Waals surface area contributed by atoms with Crippen LogP contribution in [0.2, 0.25) is 0 Å². The molecule has 0 bridgehead atoms. The molecule has 4 heteroatoms. The van der Waals surface area contributed by atoms with Crippen LogP contribution in [-0.4, -0.2) is 30.8 Å². The first-order valence-electron chi connectivity index (χ1n) is 7.23. The molecule has 0 aromatic heterocycles. The van der Waals surface area contributed by atoms with Gasteiger partial charge in [-0.25, -0.2) is 0 Å². The van der Waals surface area contributed by atoms with Gasteiger partial charge in [0.2, 0.25) is 5.91 Å². The van der Waals surface area contributed by atoms with Gasteiger partial charge >= 0.3 is 0 Å². The summed E-state index contributed by atoms with van der Waals surface area (Å²) >= 11 is 0. The highest BCUT2D eigenvalue weighted by molar-refractivity contribution is 5.77. The van der Waals surface area contributed by atoms with Gasteiger partial charge in [0.25, 0.3) is 0 Å². The number of rotatable bonds is 7. The van der Waals surface area contributed by atoms with Crippen LogP contribution in [0, 0.1) is 5.41 Å². The molecule has 1 aliphatic rings. The van der Waals surface area contributed by atoms with Crippen molar-refractivity contribution in [2.24, 2.45) is 5.41 Å². The zero-order valence-electron chi connectivity index (χ0n) is 11.8. The average molecular weight is 277 g/mol. The molecule has 0 spiro atoms. The second-order valence-electron chi connectivity index (χ2n) is 5.62. The van der Waals surface area contributed by atoms with Gasteiger partial charge in [-0.05, 0) is 18.4 Å². The minimum Gasteiger partial charge on any atom is -0.396 e. The number of carbonyl (C=O) groups is 1. The number of hydrogen-bond acceptors (Lipinski definition) is 3. The molecule has 1 amide bonds. The second-order valence-corrected chi connectivity index (χ2v) is 5.62. The van der Waals surface area contributed by atoms with Gasteiger partial charge in [-0.1, -0.05) is 43.2 Å². The zero-order valence-corrected chi connectivity index (χ0v) is 11.8. The summed E-state index contributed by atoms with van der Waals surface area (Å²) in [7, 11) is 0. The molecular weight excluding hydrogens is 254 g/mol. The van der Waals surface area contributed by atoms with Crippen molar-refractivity contribution in [1.82, 2.24) is 5.32 Å². The topological polar surface area (TPSA) is 58.6 Å². The number of benzene rings is 1. The number of ether oxygens (including phenoxy) is 1. The van der Waals surface area contributed by atoms with Gasteiger partial charge in [0.1, 0.15) is 6.61 Å². The third-order valence-electron chi connectivity index (χ3n) is 4.00. The number of amides is 1. The van der Waals surface area contributed by atoms with Gasteiger partial charge in [0.05, 0.1) is 13.2 Å². The number of carbonyl (C=O) groups excluding carboxylic acids is 1. The largest absolute Gasteiger partial charge is 0.396 e. The van der Waals surface area contributed by atoms with E-state index in [4.69, 9.17) is 4.74 Å². The van der Waals surface area contributed by atoms with Crippen LogP contribution in [0.15, 0.2) is 30.3 Å². The standard InChI is InChI=1S/C16H23NO3/c18-13-16(8-4-5-9-16)12-17-15(19)11-20-10-14-6-2-1-3-7-14/h1-3,6-7,18H,4-5,8-13H2,(H,17,19). The molecular formula is C16H23NO3. The first-order chi connectivity index (χ1) is 9.74. The fourth-order valence-electron chi connectivity index (χ4n) is 2.69. The molecule has 4 nitrogen and oxygen atoms in total. The molecule has 0 aliphatic heterocycles. The molecule has 0 saturated heterocycles. The Morgan fingerprint density at radius 1 is 1.25 bits per heavy atom. The lowest BCUT2D eigenvalue weighted by atomic mass is 9.87. The second kappa shape index (κ2) is 7.41. The SMILES string of the molecule is O=C(COCc1ccccc1)NCC1(CO)CCCC1. The zero-order chi connectivity index (χ0) is 14.3. The number of hydrogen-bond donors (Lipinski definition) is 2. The van der Waals surface area contributed by atoms with E-state index in [9.17, 15) is 9.90 Å². The van der Waals surface area contributed by atoms with Crippen LogP contribution in [0.1, 0.15) is 31.2 Å². The first kappa shape index (κ1) is 15.0. The number of aliphatic hydroxyl groups excluding tert-OH is 1. The van der Waals surface area contributed by atoms with Crippen LogP contribution < -0.4 is 5.32 Å². The number of nitrogens with one attached hydrogen (secondary N) is 1. The van der Waals surface area contributed by atoms with E-state index in [0.717, 1.165) is 31.2 Å². The van der Waals surface area contributed by atoms with Crippen molar-refractivity contribution in [2.45, 2.75) is 32.3 Å². The van der Waals surface area contributed by atoms with Crippen molar-refractivity contribution < 1.29 is 14.6 Å². The van der Waals surface area contributed by atoms with E-state index >= 15 is 0 Å². The summed E-state index contributed by atoms with van der Waals surface area (Å²) < 4.78 is 5.39. The molecule has 0 atom stereocenters. The first-order valence-corrected chi connectivity index (χ1v) is 7.23. The molecule has 1 aromatic rings. The predicted molar refractivity (Wildman–Crippen MR) is 77.1 cm³/mol. The summed E-state index contributed by atoms with van der Waals surface area (Å²) in [5, 5.41) is 12.4. The van der Waals surface area contributed by atoms with E-state index in [1.807, 2.05) is 30.3 Å². The molecule has 1 aliphatic carbocycles. The smallest absolute Gasteiger partial charge is 0.246 e. The van der Waals surface area contributed by atoms with E-state index in [2.05, 4.69) is 5.32 Å². The fraction of sp³-hybridized carbons (Fsp3) is 0.562. The minimum atomic E-state index is -0.111. The summed E-state index contributed by atoms with van der Waals surface area (Å²) in [6, 6.07) is 9.79. The van der Waals surface area contributed by atoms with Crippen molar-refractivity contribution in [3.05, 3.63) is 35.9 Å². The normalized spacial score (nSPS) is 17.1. The van der Waals surface area contributed by atoms with Crippen LogP contribution >= 0.6 is 0 Å². The average Bonchev–Trinajstić information content (AvgIpc) is 2.96. The van der Waals surface area contributed by atoms with E-state index in [1.54, 1.807) is 0 Å². The predicted octanol–water partition coefficient (Wildman–Crippen LogP) is 1.87. The van der Waals surface area contributed by atoms with Crippen molar-refractivity contribution in [2.75, 3.05) is 19.8 Å². The summed E-state index contributed by atoms with van der Waals surface area (Å²) in [5.74, 6) is -0.111. The van der Waals surface area contributed by atoms with Crippen molar-refractivity contribution in [3.8, 4) is 0 Å². The highest BCUT2D eigenvalue weighted by Crippen LogP contribution is 2.36. The lowest BCUT2D eigenvalue weighted by Crippen LogP contribution is -2.39. The van der Waals surface area contributed by atoms with Crippen LogP contribution in [-0.2, 0) is 16.1 Å². The molecule has 1 fully saturated rings. The van der Waals surface area contributed by atoms with Gasteiger partial charge in [-0.2, -0.15) is 0 Å². The van der Waals surface area contributed by atoms with Gasteiger partial charge in [-0.15, -0.1) is 0 Å². The highest BCUT2D eigenvalue weighted by Gasteiger charge is 2.33. The maximum Gasteiger partial charge on any atom is 0.246 e. The minimum absolute atomic E-state index is 0.0659. The fourth-order valence-corrected chi connectivity index (χ4v) is 2.69. The van der Waals surface area contributed by atoms with Crippen molar-refractivity contribution in [3.63, 3.8) is 0 Å². The van der Waals surface area contributed by atoms with E-state index in [-0.39, 0.29) is 24.5 Å². The Morgan fingerprint density at radius 2 is 1.95 bits per heavy atom. The van der Waals surface area contributed by atoms with Gasteiger partial charge in [0.15, 0.2) is 0 Å². The van der Waals surface area contributed by atoms with E-state index in [1.165, 1.54) is 0 Å². The molecule has 20 heavy (non-hydrogen) atoms. The summed E-state index contributed by atoms with van der Waals surface area (Å²) in [6.45, 7) is 1.21. The molecule has 0 unspecified atom stereocenters. The maximum absolute atomic E-state index is 11.7. The van der Waals surface area contributed by atoms with Crippen LogP contribution in [0.5, 0.6) is 0 Å². The number of aliphatic hydroxyl groups is 1. The molecule has 0 heterocycles. The van der Waals surface area contributed by atoms with Crippen LogP contribution in [0.25, 0.3) is 0 Å². The molecule has 2 N–H and O–H groups in total. The van der Waals surface area contributed by atoms with E-state index < -0.39 is 0 Å². The summed E-state index contributed by atoms with van der Waals surface area (Å²) in [5.41, 5.74) is 0.956. The van der Waals surface area contributed by atoms with Crippen molar-refractivity contribution in [1.29, 1.82) is 0 Å². The Labute approximate surface area is 120 Å². The van der Waals surface area contributed by atoms with Crippen LogP contribution in [0.3, 0.4) is 0 Å². The Morgan fingerprint density at radius 3 is 2.60 bits per heavy atom. The quantitative estimate of drug-likeness (QED) is 0.800. The Hall–Kier alpha value is -1.39. The van der Waals surface area contributed by atoms with Gasteiger partial charge in [-0.3, -0.25) is 4.79 Å². The Kier molecular flexibility index (Phi) is 5.56. The van der Waals surface area contributed by atoms with Gasteiger partial charge < -0.3 is 15.2 Å². The molecule has 1 saturated carbocycles. The lowest BCUT2D eigenvalue weighted by Gasteiger charge is -2.26. The summed E-state index contributed by atoms with van der Waals surface area (Å²) in [4.78, 5) is 11.7. The lowest BCUT2D eigenvalue weighted by molar-refractivity contribution is -0.126. The van der Waals surface area contributed by atoms with E-state index in [0.29, 0.717) is 13.2 Å². The Balaban J connectivity index is 1.65.